The van der Waals surface area contributed by atoms with Crippen LogP contribution >= 0.6 is 0 Å². The summed E-state index contributed by atoms with van der Waals surface area (Å²) < 4.78 is 10.6. The average molecular weight is 418 g/mol. The van der Waals surface area contributed by atoms with Crippen LogP contribution in [0.5, 0.6) is 0 Å². The third-order valence-corrected chi connectivity index (χ3v) is 5.82. The minimum absolute atomic E-state index is 0.0401. The van der Waals surface area contributed by atoms with Crippen LogP contribution in [0.1, 0.15) is 54.1 Å². The van der Waals surface area contributed by atoms with Crippen LogP contribution in [0.25, 0.3) is 11.1 Å². The molecule has 0 aromatic carbocycles. The number of anilines is 1. The number of nitriles is 1. The Labute approximate surface area is 181 Å². The van der Waals surface area contributed by atoms with E-state index < -0.39 is 6.04 Å². The van der Waals surface area contributed by atoms with Crippen molar-refractivity contribution in [2.24, 2.45) is 0 Å². The number of hydrogen-bond donors (Lipinski definition) is 1. The summed E-state index contributed by atoms with van der Waals surface area (Å²) in [6.45, 7) is 9.18. The second kappa shape index (κ2) is 8.40. The number of rotatable bonds is 5. The molecule has 1 fully saturated rings. The zero-order valence-corrected chi connectivity index (χ0v) is 18.2. The van der Waals surface area contributed by atoms with E-state index in [0.29, 0.717) is 35.8 Å². The van der Waals surface area contributed by atoms with Crippen LogP contribution in [0.2, 0.25) is 0 Å². The number of carbonyl (C=O) groups is 1. The highest BCUT2D eigenvalue weighted by Crippen LogP contribution is 2.34. The Morgan fingerprint density at radius 2 is 2.16 bits per heavy atom. The van der Waals surface area contributed by atoms with Crippen LogP contribution in [0.15, 0.2) is 45.8 Å². The van der Waals surface area contributed by atoms with Gasteiger partial charge in [-0.25, -0.2) is 4.98 Å². The highest BCUT2D eigenvalue weighted by atomic mass is 16.3. The highest BCUT2D eigenvalue weighted by molar-refractivity contribution is 6.03. The second-order valence-electron chi connectivity index (χ2n) is 8.21. The first-order valence-corrected chi connectivity index (χ1v) is 10.5. The summed E-state index contributed by atoms with van der Waals surface area (Å²) in [4.78, 5) is 20.4. The van der Waals surface area contributed by atoms with Crippen molar-refractivity contribution in [1.82, 2.24) is 10.3 Å². The molecule has 0 aliphatic carbocycles. The van der Waals surface area contributed by atoms with Crippen molar-refractivity contribution in [1.29, 1.82) is 5.26 Å². The largest absolute Gasteiger partial charge is 0.472 e. The van der Waals surface area contributed by atoms with Gasteiger partial charge in [0, 0.05) is 30.3 Å². The van der Waals surface area contributed by atoms with Gasteiger partial charge in [-0.05, 0) is 38.0 Å². The van der Waals surface area contributed by atoms with E-state index in [1.54, 1.807) is 25.5 Å². The number of aromatic nitrogens is 1. The molecule has 160 valence electrons. The maximum Gasteiger partial charge on any atom is 0.190 e. The van der Waals surface area contributed by atoms with Crippen molar-refractivity contribution >= 4 is 11.6 Å². The van der Waals surface area contributed by atoms with Gasteiger partial charge < -0.3 is 19.1 Å². The highest BCUT2D eigenvalue weighted by Gasteiger charge is 2.38. The van der Waals surface area contributed by atoms with E-state index in [1.165, 1.54) is 6.26 Å². The number of ketones is 1. The first-order chi connectivity index (χ1) is 14.9. The fourth-order valence-electron chi connectivity index (χ4n) is 4.25. The van der Waals surface area contributed by atoms with Crippen LogP contribution in [0, 0.1) is 18.3 Å². The molecule has 2 unspecified atom stereocenters. The van der Waals surface area contributed by atoms with Gasteiger partial charge in [0.25, 0.3) is 0 Å². The molecular formula is C24H26N4O3. The molecule has 0 saturated carbocycles. The zero-order chi connectivity index (χ0) is 22.1. The number of Topliss-reactive ketones (excluding diaryl/α,β-unsaturated/α-hetero) is 1. The predicted octanol–water partition coefficient (Wildman–Crippen LogP) is 4.29. The fraction of sp³-hybridized carbons (Fsp3) is 0.375. The molecule has 7 nitrogen and oxygen atoms in total. The van der Waals surface area contributed by atoms with E-state index in [4.69, 9.17) is 13.8 Å². The maximum atomic E-state index is 13.5. The first-order valence-electron chi connectivity index (χ1n) is 10.5. The Bertz CT molecular complexity index is 1120. The summed E-state index contributed by atoms with van der Waals surface area (Å²) in [7, 11) is 0. The molecule has 7 heteroatoms. The zero-order valence-electron chi connectivity index (χ0n) is 18.2. The molecule has 3 aromatic heterocycles. The van der Waals surface area contributed by atoms with Crippen molar-refractivity contribution in [3.63, 3.8) is 0 Å². The molecule has 0 bridgehead atoms. The monoisotopic (exact) mass is 418 g/mol. The molecule has 31 heavy (non-hydrogen) atoms. The molecule has 4 rings (SSSR count). The number of pyridine rings is 1. The van der Waals surface area contributed by atoms with E-state index in [0.717, 1.165) is 16.8 Å². The second-order valence-corrected chi connectivity index (χ2v) is 8.21. The summed E-state index contributed by atoms with van der Waals surface area (Å²) in [5.41, 5.74) is 3.63. The summed E-state index contributed by atoms with van der Waals surface area (Å²) >= 11 is 0. The number of piperazine rings is 1. The summed E-state index contributed by atoms with van der Waals surface area (Å²) in [6, 6.07) is 7.12. The van der Waals surface area contributed by atoms with Crippen molar-refractivity contribution in [3.05, 3.63) is 59.6 Å². The smallest absolute Gasteiger partial charge is 0.190 e. The molecule has 0 radical (unpaired) electrons. The third kappa shape index (κ3) is 3.75. The van der Waals surface area contributed by atoms with Crippen molar-refractivity contribution in [2.45, 2.75) is 45.7 Å². The molecular weight excluding hydrogens is 392 g/mol. The van der Waals surface area contributed by atoms with Crippen LogP contribution < -0.4 is 10.2 Å². The van der Waals surface area contributed by atoms with Gasteiger partial charge in [-0.15, -0.1) is 0 Å². The topological polar surface area (TPSA) is 95.3 Å². The molecule has 1 aliphatic rings. The quantitative estimate of drug-likeness (QED) is 0.618. The SMILES string of the molecule is Cc1occc1C(=O)C1C(C)NCCN1c1nc(C(C)C)c(-c2ccoc2)cc1C#N. The van der Waals surface area contributed by atoms with E-state index >= 15 is 0 Å². The summed E-state index contributed by atoms with van der Waals surface area (Å²) in [6.07, 6.45) is 4.80. The maximum absolute atomic E-state index is 13.5. The van der Waals surface area contributed by atoms with E-state index in [2.05, 4.69) is 25.2 Å². The lowest BCUT2D eigenvalue weighted by Crippen LogP contribution is -2.60. The summed E-state index contributed by atoms with van der Waals surface area (Å²) in [5, 5.41) is 13.4. The van der Waals surface area contributed by atoms with Crippen molar-refractivity contribution in [2.75, 3.05) is 18.0 Å². The lowest BCUT2D eigenvalue weighted by Gasteiger charge is -2.41. The number of nitrogens with zero attached hydrogens (tertiary/aromatic N) is 3. The van der Waals surface area contributed by atoms with E-state index in [-0.39, 0.29) is 17.7 Å². The van der Waals surface area contributed by atoms with E-state index in [1.807, 2.05) is 24.0 Å². The van der Waals surface area contributed by atoms with Crippen molar-refractivity contribution < 1.29 is 13.6 Å². The number of furan rings is 2. The number of carbonyl (C=O) groups excluding carboxylic acids is 1. The first kappa shape index (κ1) is 20.9. The van der Waals surface area contributed by atoms with Crippen LogP contribution in [0.3, 0.4) is 0 Å². The normalized spacial score (nSPS) is 18.9. The molecule has 0 amide bonds. The predicted molar refractivity (Wildman–Crippen MR) is 117 cm³/mol. The molecule has 1 aliphatic heterocycles. The third-order valence-electron chi connectivity index (χ3n) is 5.82. The Balaban J connectivity index is 1.84. The fourth-order valence-corrected chi connectivity index (χ4v) is 4.25. The van der Waals surface area contributed by atoms with Gasteiger partial charge in [0.15, 0.2) is 5.78 Å². The molecule has 3 aromatic rings. The molecule has 2 atom stereocenters. The van der Waals surface area contributed by atoms with Gasteiger partial charge in [-0.1, -0.05) is 13.8 Å². The van der Waals surface area contributed by atoms with Crippen LogP contribution in [-0.2, 0) is 0 Å². The Kier molecular flexibility index (Phi) is 5.66. The Morgan fingerprint density at radius 3 is 2.77 bits per heavy atom. The van der Waals surface area contributed by atoms with Crippen LogP contribution in [-0.4, -0.2) is 35.9 Å². The molecule has 4 heterocycles. The minimum atomic E-state index is -0.496. The molecule has 0 spiro atoms. The van der Waals surface area contributed by atoms with Gasteiger partial charge in [0.2, 0.25) is 0 Å². The summed E-state index contributed by atoms with van der Waals surface area (Å²) in [5.74, 6) is 1.23. The van der Waals surface area contributed by atoms with Crippen LogP contribution in [0.4, 0.5) is 5.82 Å². The molecule has 1 saturated heterocycles. The lowest BCUT2D eigenvalue weighted by atomic mass is 9.94. The minimum Gasteiger partial charge on any atom is -0.472 e. The Morgan fingerprint density at radius 1 is 1.35 bits per heavy atom. The average Bonchev–Trinajstić information content (AvgIpc) is 3.44. The number of aryl methyl sites for hydroxylation is 1. The van der Waals surface area contributed by atoms with Gasteiger partial charge in [-0.2, -0.15) is 5.26 Å². The van der Waals surface area contributed by atoms with Crippen molar-refractivity contribution in [3.8, 4) is 17.2 Å². The van der Waals surface area contributed by atoms with Gasteiger partial charge in [0.05, 0.1) is 35.6 Å². The molecule has 1 N–H and O–H groups in total. The van der Waals surface area contributed by atoms with Gasteiger partial charge >= 0.3 is 0 Å². The lowest BCUT2D eigenvalue weighted by molar-refractivity contribution is 0.0930. The number of hydrogen-bond acceptors (Lipinski definition) is 7. The standard InChI is InChI=1S/C24H26N4O3/c1-14(2)21-20(17-5-9-30-13-17)11-18(12-25)24(27-21)28-8-7-26-15(3)22(28)23(29)19-6-10-31-16(19)4/h5-6,9-11,13-15,22,26H,7-8H2,1-4H3. The number of nitrogens with one attached hydrogen (secondary N) is 1. The van der Waals surface area contributed by atoms with E-state index in [9.17, 15) is 10.1 Å². The van der Waals surface area contributed by atoms with Gasteiger partial charge in [-0.3, -0.25) is 4.79 Å². The Hall–Kier alpha value is -3.37. The van der Waals surface area contributed by atoms with Gasteiger partial charge in [0.1, 0.15) is 23.7 Å².